The summed E-state index contributed by atoms with van der Waals surface area (Å²) in [7, 11) is 1.82. The number of nitrogens with zero attached hydrogens (tertiary/aromatic N) is 2. The lowest BCUT2D eigenvalue weighted by Crippen LogP contribution is -1.97. The molecule has 1 aromatic carbocycles. The van der Waals surface area contributed by atoms with Crippen LogP contribution in [0.3, 0.4) is 0 Å². The number of benzene rings is 1. The standard InChI is InChI=1S/C16H16FN3S/c1-9-8-13(21-10(9)2)15-14(16(18)20(3)19-15)11-4-6-12(17)7-5-11/h4-8H,18H2,1-3H3. The van der Waals surface area contributed by atoms with Crippen LogP contribution in [0.4, 0.5) is 10.2 Å². The zero-order chi connectivity index (χ0) is 15.1. The number of nitrogen functional groups attached to an aromatic ring is 1. The maximum absolute atomic E-state index is 13.1. The van der Waals surface area contributed by atoms with Gasteiger partial charge in [-0.1, -0.05) is 12.1 Å². The maximum Gasteiger partial charge on any atom is 0.129 e. The Balaban J connectivity index is 2.22. The molecule has 21 heavy (non-hydrogen) atoms. The molecule has 0 fully saturated rings. The normalized spacial score (nSPS) is 11.0. The molecule has 0 unspecified atom stereocenters. The van der Waals surface area contributed by atoms with E-state index >= 15 is 0 Å². The van der Waals surface area contributed by atoms with Crippen molar-refractivity contribution in [2.24, 2.45) is 7.05 Å². The summed E-state index contributed by atoms with van der Waals surface area (Å²) in [4.78, 5) is 2.34. The SMILES string of the molecule is Cc1cc(-c2nn(C)c(N)c2-c2ccc(F)cc2)sc1C. The minimum Gasteiger partial charge on any atom is -0.383 e. The Bertz CT molecular complexity index is 780. The van der Waals surface area contributed by atoms with Gasteiger partial charge < -0.3 is 5.73 Å². The molecule has 0 spiro atoms. The van der Waals surface area contributed by atoms with Crippen LogP contribution < -0.4 is 5.73 Å². The summed E-state index contributed by atoms with van der Waals surface area (Å²) < 4.78 is 14.8. The first kappa shape index (κ1) is 13.8. The van der Waals surface area contributed by atoms with E-state index in [9.17, 15) is 4.39 Å². The van der Waals surface area contributed by atoms with E-state index in [2.05, 4.69) is 25.0 Å². The Morgan fingerprint density at radius 1 is 1.19 bits per heavy atom. The number of rotatable bonds is 2. The van der Waals surface area contributed by atoms with Crippen LogP contribution >= 0.6 is 11.3 Å². The first-order valence-corrected chi connectivity index (χ1v) is 7.45. The van der Waals surface area contributed by atoms with Gasteiger partial charge in [0.05, 0.1) is 10.4 Å². The van der Waals surface area contributed by atoms with E-state index in [0.29, 0.717) is 5.82 Å². The Labute approximate surface area is 126 Å². The largest absolute Gasteiger partial charge is 0.383 e. The van der Waals surface area contributed by atoms with Crippen LogP contribution in [0.2, 0.25) is 0 Å². The highest BCUT2D eigenvalue weighted by molar-refractivity contribution is 7.15. The van der Waals surface area contributed by atoms with E-state index in [1.54, 1.807) is 28.2 Å². The van der Waals surface area contributed by atoms with Crippen molar-refractivity contribution >= 4 is 17.2 Å². The Kier molecular flexibility index (Phi) is 3.29. The van der Waals surface area contributed by atoms with Crippen LogP contribution in [0.25, 0.3) is 21.7 Å². The van der Waals surface area contributed by atoms with Crippen molar-refractivity contribution in [3.05, 3.63) is 46.6 Å². The summed E-state index contributed by atoms with van der Waals surface area (Å²) in [5, 5.41) is 4.54. The van der Waals surface area contributed by atoms with Gasteiger partial charge in [0.25, 0.3) is 0 Å². The molecule has 0 saturated carbocycles. The molecule has 2 N–H and O–H groups in total. The second-order valence-electron chi connectivity index (χ2n) is 5.09. The average Bonchev–Trinajstić information content (AvgIpc) is 2.93. The lowest BCUT2D eigenvalue weighted by Gasteiger charge is -2.03. The van der Waals surface area contributed by atoms with E-state index in [4.69, 9.17) is 5.73 Å². The molecular weight excluding hydrogens is 285 g/mol. The number of thiophene rings is 1. The lowest BCUT2D eigenvalue weighted by molar-refractivity contribution is 0.628. The van der Waals surface area contributed by atoms with Crippen LogP contribution in [0, 0.1) is 19.7 Å². The molecule has 5 heteroatoms. The average molecular weight is 301 g/mol. The van der Waals surface area contributed by atoms with Crippen molar-refractivity contribution < 1.29 is 4.39 Å². The predicted molar refractivity (Wildman–Crippen MR) is 85.8 cm³/mol. The topological polar surface area (TPSA) is 43.8 Å². The Morgan fingerprint density at radius 3 is 2.43 bits per heavy atom. The zero-order valence-corrected chi connectivity index (χ0v) is 13.0. The van der Waals surface area contributed by atoms with Gasteiger partial charge in [0.2, 0.25) is 0 Å². The first-order chi connectivity index (χ1) is 9.97. The summed E-state index contributed by atoms with van der Waals surface area (Å²) in [5.41, 5.74) is 9.99. The highest BCUT2D eigenvalue weighted by Gasteiger charge is 2.19. The van der Waals surface area contributed by atoms with Crippen LogP contribution in [-0.2, 0) is 7.05 Å². The van der Waals surface area contributed by atoms with Crippen molar-refractivity contribution in [3.63, 3.8) is 0 Å². The predicted octanol–water partition coefficient (Wildman–Crippen LogP) is 4.15. The smallest absolute Gasteiger partial charge is 0.129 e. The Hall–Kier alpha value is -2.14. The summed E-state index contributed by atoms with van der Waals surface area (Å²) >= 11 is 1.70. The third-order valence-electron chi connectivity index (χ3n) is 3.62. The second-order valence-corrected chi connectivity index (χ2v) is 6.35. The van der Waals surface area contributed by atoms with Crippen LogP contribution in [-0.4, -0.2) is 9.78 Å². The first-order valence-electron chi connectivity index (χ1n) is 6.63. The van der Waals surface area contributed by atoms with Crippen molar-refractivity contribution in [1.82, 2.24) is 9.78 Å². The van der Waals surface area contributed by atoms with Crippen molar-refractivity contribution in [3.8, 4) is 21.7 Å². The monoisotopic (exact) mass is 301 g/mol. The van der Waals surface area contributed by atoms with Gasteiger partial charge in [-0.3, -0.25) is 4.68 Å². The molecule has 3 rings (SSSR count). The molecular formula is C16H16FN3S. The van der Waals surface area contributed by atoms with E-state index < -0.39 is 0 Å². The quantitative estimate of drug-likeness (QED) is 0.772. The summed E-state index contributed by atoms with van der Waals surface area (Å²) in [6.45, 7) is 4.17. The second kappa shape index (κ2) is 5.00. The van der Waals surface area contributed by atoms with E-state index in [1.165, 1.54) is 22.6 Å². The number of aryl methyl sites for hydroxylation is 3. The van der Waals surface area contributed by atoms with Gasteiger partial charge in [-0.25, -0.2) is 4.39 Å². The molecule has 0 bridgehead atoms. The number of anilines is 1. The number of hydrogen-bond donors (Lipinski definition) is 1. The summed E-state index contributed by atoms with van der Waals surface area (Å²) in [6.07, 6.45) is 0. The molecule has 0 aliphatic rings. The van der Waals surface area contributed by atoms with Crippen molar-refractivity contribution in [2.45, 2.75) is 13.8 Å². The van der Waals surface area contributed by atoms with Gasteiger partial charge in [0, 0.05) is 11.9 Å². The number of hydrogen-bond acceptors (Lipinski definition) is 3. The molecule has 3 aromatic rings. The Morgan fingerprint density at radius 2 is 1.86 bits per heavy atom. The van der Waals surface area contributed by atoms with Crippen molar-refractivity contribution in [1.29, 1.82) is 0 Å². The van der Waals surface area contributed by atoms with E-state index in [-0.39, 0.29) is 5.82 Å². The van der Waals surface area contributed by atoms with Crippen molar-refractivity contribution in [2.75, 3.05) is 5.73 Å². The van der Waals surface area contributed by atoms with E-state index in [1.807, 2.05) is 7.05 Å². The molecule has 0 aliphatic carbocycles. The fourth-order valence-corrected chi connectivity index (χ4v) is 3.33. The zero-order valence-electron chi connectivity index (χ0n) is 12.1. The molecule has 0 radical (unpaired) electrons. The highest BCUT2D eigenvalue weighted by Crippen LogP contribution is 2.39. The minimum absolute atomic E-state index is 0.259. The summed E-state index contributed by atoms with van der Waals surface area (Å²) in [5.74, 6) is 0.325. The van der Waals surface area contributed by atoms with Gasteiger partial charge in [-0.2, -0.15) is 5.10 Å². The number of nitrogens with two attached hydrogens (primary N) is 1. The highest BCUT2D eigenvalue weighted by atomic mass is 32.1. The van der Waals surface area contributed by atoms with Gasteiger partial charge in [0.1, 0.15) is 17.3 Å². The molecule has 3 nitrogen and oxygen atoms in total. The van der Waals surface area contributed by atoms with Crippen LogP contribution in [0.5, 0.6) is 0 Å². The molecule has 2 aromatic heterocycles. The fourth-order valence-electron chi connectivity index (χ4n) is 2.30. The van der Waals surface area contributed by atoms with Crippen LogP contribution in [0.1, 0.15) is 10.4 Å². The molecule has 0 aliphatic heterocycles. The molecule has 0 saturated heterocycles. The number of aromatic nitrogens is 2. The molecule has 0 atom stereocenters. The third kappa shape index (κ3) is 2.34. The van der Waals surface area contributed by atoms with Gasteiger partial charge in [0.15, 0.2) is 0 Å². The summed E-state index contributed by atoms with van der Waals surface area (Å²) in [6, 6.07) is 8.47. The molecule has 2 heterocycles. The number of halogens is 1. The van der Waals surface area contributed by atoms with E-state index in [0.717, 1.165) is 21.7 Å². The molecule has 108 valence electrons. The van der Waals surface area contributed by atoms with Crippen LogP contribution in [0.15, 0.2) is 30.3 Å². The van der Waals surface area contributed by atoms with Gasteiger partial charge in [-0.05, 0) is 43.2 Å². The van der Waals surface area contributed by atoms with Gasteiger partial charge >= 0.3 is 0 Å². The lowest BCUT2D eigenvalue weighted by atomic mass is 10.0. The maximum atomic E-state index is 13.1. The third-order valence-corrected chi connectivity index (χ3v) is 4.78. The van der Waals surface area contributed by atoms with Gasteiger partial charge in [-0.15, -0.1) is 11.3 Å². The molecule has 0 amide bonds. The fraction of sp³-hybridized carbons (Fsp3) is 0.188. The minimum atomic E-state index is -0.259.